The van der Waals surface area contributed by atoms with E-state index in [1.807, 2.05) is 21.1 Å². The van der Waals surface area contributed by atoms with Crippen LogP contribution in [0.1, 0.15) is 174 Å². The number of ether oxygens (including phenoxy) is 3. The smallest absolute Gasteiger partial charge is 0.362 e. The molecule has 1 N–H and O–H groups in total. The maximum atomic E-state index is 12.7. The van der Waals surface area contributed by atoms with Crippen molar-refractivity contribution < 1.29 is 38.2 Å². The van der Waals surface area contributed by atoms with Gasteiger partial charge in [0, 0.05) is 19.3 Å². The minimum absolute atomic E-state index is 0.0564. The van der Waals surface area contributed by atoms with Crippen molar-refractivity contribution in [2.45, 2.75) is 187 Å². The average Bonchev–Trinajstić information content (AvgIpc) is 3.06. The molecule has 0 radical (unpaired) electrons. The zero-order valence-electron chi connectivity index (χ0n) is 33.1. The predicted molar refractivity (Wildman–Crippen MR) is 206 cm³/mol. The highest BCUT2D eigenvalue weighted by Gasteiger charge is 2.31. The second-order valence-electron chi connectivity index (χ2n) is 14.9. The van der Waals surface area contributed by atoms with E-state index in [2.05, 4.69) is 38.2 Å². The summed E-state index contributed by atoms with van der Waals surface area (Å²) in [5.74, 6) is -1.49. The first-order valence-corrected chi connectivity index (χ1v) is 20.4. The number of nitrogens with zero attached hydrogens (tertiary/aromatic N) is 1. The van der Waals surface area contributed by atoms with E-state index >= 15 is 0 Å². The van der Waals surface area contributed by atoms with Gasteiger partial charge in [0.2, 0.25) is 0 Å². The summed E-state index contributed by atoms with van der Waals surface area (Å²) in [4.78, 5) is 36.8. The Balaban J connectivity index is 4.42. The Labute approximate surface area is 307 Å². The van der Waals surface area contributed by atoms with Gasteiger partial charge in [-0.1, -0.05) is 115 Å². The number of carboxylic acids is 1. The molecule has 0 bridgehead atoms. The quantitative estimate of drug-likeness (QED) is 0.0299. The monoisotopic (exact) mass is 709 g/mol. The van der Waals surface area contributed by atoms with E-state index in [9.17, 15) is 19.5 Å². The molecular formula is C42H78NO7+. The van der Waals surface area contributed by atoms with Gasteiger partial charge in [0.1, 0.15) is 6.61 Å². The molecule has 0 saturated carbocycles. The first-order valence-electron chi connectivity index (χ1n) is 20.4. The highest BCUT2D eigenvalue weighted by Crippen LogP contribution is 2.13. The van der Waals surface area contributed by atoms with Crippen molar-refractivity contribution in [3.8, 4) is 0 Å². The van der Waals surface area contributed by atoms with E-state index < -0.39 is 18.1 Å². The van der Waals surface area contributed by atoms with Crippen molar-refractivity contribution in [1.29, 1.82) is 0 Å². The number of esters is 2. The summed E-state index contributed by atoms with van der Waals surface area (Å²) in [5.41, 5.74) is 0. The third-order valence-electron chi connectivity index (χ3n) is 9.07. The van der Waals surface area contributed by atoms with Crippen molar-refractivity contribution in [1.82, 2.24) is 0 Å². The largest absolute Gasteiger partial charge is 0.477 e. The summed E-state index contributed by atoms with van der Waals surface area (Å²) in [6.45, 7) is 4.68. The van der Waals surface area contributed by atoms with Gasteiger partial charge >= 0.3 is 17.9 Å². The molecule has 8 heteroatoms. The molecule has 0 heterocycles. The lowest BCUT2D eigenvalue weighted by Gasteiger charge is -2.31. The third-order valence-corrected chi connectivity index (χ3v) is 9.07. The molecule has 8 nitrogen and oxygen atoms in total. The average molecular weight is 709 g/mol. The van der Waals surface area contributed by atoms with Crippen molar-refractivity contribution in [2.24, 2.45) is 0 Å². The molecule has 0 aliphatic rings. The van der Waals surface area contributed by atoms with Crippen LogP contribution in [0.2, 0.25) is 0 Å². The number of likely N-dealkylation sites (N-methyl/N-ethyl adjacent to an activating group) is 1. The normalized spacial score (nSPS) is 13.2. The summed E-state index contributed by atoms with van der Waals surface area (Å²) < 4.78 is 17.2. The van der Waals surface area contributed by atoms with Crippen LogP contribution in [0.3, 0.4) is 0 Å². The summed E-state index contributed by atoms with van der Waals surface area (Å²) in [7, 11) is 5.51. The van der Waals surface area contributed by atoms with Crippen LogP contribution in [0, 0.1) is 0 Å². The molecule has 2 atom stereocenters. The number of allylic oxidation sites excluding steroid dienone is 4. The van der Waals surface area contributed by atoms with Gasteiger partial charge in [0.25, 0.3) is 0 Å². The van der Waals surface area contributed by atoms with Gasteiger partial charge in [-0.2, -0.15) is 0 Å². The summed E-state index contributed by atoms with van der Waals surface area (Å²) in [6.07, 6.45) is 35.0. The van der Waals surface area contributed by atoms with Gasteiger partial charge in [-0.15, -0.1) is 0 Å². The van der Waals surface area contributed by atoms with Crippen LogP contribution in [0.15, 0.2) is 24.3 Å². The van der Waals surface area contributed by atoms with E-state index in [4.69, 9.17) is 14.2 Å². The fourth-order valence-electron chi connectivity index (χ4n) is 5.84. The lowest BCUT2D eigenvalue weighted by molar-refractivity contribution is -0.887. The Kier molecular flexibility index (Phi) is 32.4. The number of carbonyl (C=O) groups excluding carboxylic acids is 2. The number of carbonyl (C=O) groups is 3. The van der Waals surface area contributed by atoms with Crippen molar-refractivity contribution in [3.05, 3.63) is 24.3 Å². The lowest BCUT2D eigenvalue weighted by Crippen LogP contribution is -2.50. The van der Waals surface area contributed by atoms with Crippen LogP contribution in [-0.4, -0.2) is 80.6 Å². The molecule has 0 amide bonds. The maximum absolute atomic E-state index is 12.7. The SMILES string of the molecule is CCCCC/C=C\CCCCCCCC(=O)OCC(COCCC(C(=O)O)[N+](C)(C)C)OC(=O)CCCCCCC/C=C\CCCCCCC. The molecule has 0 rings (SSSR count). The number of hydrogen-bond acceptors (Lipinski definition) is 6. The molecule has 0 aliphatic heterocycles. The Hall–Kier alpha value is -2.19. The van der Waals surface area contributed by atoms with Crippen LogP contribution in [0.4, 0.5) is 0 Å². The number of hydrogen-bond donors (Lipinski definition) is 1. The standard InChI is InChI=1S/C42H77NO7/c1-6-8-10-12-14-16-18-20-21-23-25-27-29-31-33-41(45)50-38(36-48-35-34-39(42(46)47)43(3,4)5)37-49-40(44)32-30-28-26-24-22-19-17-15-13-11-9-7-2/h15,17-18,20,38-39H,6-14,16,19,21-37H2,1-5H3/p+1/b17-15-,20-18-. The topological polar surface area (TPSA) is 99.1 Å². The maximum Gasteiger partial charge on any atom is 0.362 e. The molecule has 0 saturated heterocycles. The van der Waals surface area contributed by atoms with Gasteiger partial charge in [-0.05, 0) is 64.2 Å². The highest BCUT2D eigenvalue weighted by molar-refractivity contribution is 5.72. The van der Waals surface area contributed by atoms with Crippen molar-refractivity contribution >= 4 is 17.9 Å². The first kappa shape index (κ1) is 47.8. The zero-order valence-corrected chi connectivity index (χ0v) is 33.1. The van der Waals surface area contributed by atoms with Crippen LogP contribution in [0.5, 0.6) is 0 Å². The number of rotatable bonds is 36. The number of aliphatic carboxylic acids is 1. The Morgan fingerprint density at radius 3 is 1.48 bits per heavy atom. The molecule has 0 aromatic rings. The first-order chi connectivity index (χ1) is 24.1. The van der Waals surface area contributed by atoms with Crippen LogP contribution < -0.4 is 0 Å². The molecule has 50 heavy (non-hydrogen) atoms. The molecule has 0 spiro atoms. The molecule has 292 valence electrons. The number of unbranched alkanes of at least 4 members (excludes halogenated alkanes) is 18. The van der Waals surface area contributed by atoms with Crippen LogP contribution >= 0.6 is 0 Å². The highest BCUT2D eigenvalue weighted by atomic mass is 16.6. The predicted octanol–water partition coefficient (Wildman–Crippen LogP) is 10.5. The summed E-state index contributed by atoms with van der Waals surface area (Å²) >= 11 is 0. The van der Waals surface area contributed by atoms with Gasteiger partial charge in [-0.3, -0.25) is 9.59 Å². The van der Waals surface area contributed by atoms with Gasteiger partial charge in [0.15, 0.2) is 12.1 Å². The third kappa shape index (κ3) is 31.8. The fourth-order valence-corrected chi connectivity index (χ4v) is 5.84. The minimum atomic E-state index is -0.878. The Bertz CT molecular complexity index is 880. The summed E-state index contributed by atoms with van der Waals surface area (Å²) in [5, 5.41) is 9.59. The van der Waals surface area contributed by atoms with Gasteiger partial charge in [0.05, 0.1) is 34.4 Å². The van der Waals surface area contributed by atoms with E-state index in [-0.39, 0.29) is 36.2 Å². The van der Waals surface area contributed by atoms with Crippen LogP contribution in [-0.2, 0) is 28.6 Å². The van der Waals surface area contributed by atoms with E-state index in [1.165, 1.54) is 77.0 Å². The van der Waals surface area contributed by atoms with Gasteiger partial charge < -0.3 is 23.8 Å². The second kappa shape index (κ2) is 33.9. The Morgan fingerprint density at radius 2 is 1.00 bits per heavy atom. The molecule has 0 aliphatic carbocycles. The van der Waals surface area contributed by atoms with E-state index in [1.54, 1.807) is 0 Å². The fraction of sp³-hybridized carbons (Fsp3) is 0.833. The molecule has 0 fully saturated rings. The zero-order chi connectivity index (χ0) is 37.1. The van der Waals surface area contributed by atoms with E-state index in [0.29, 0.717) is 19.3 Å². The van der Waals surface area contributed by atoms with Gasteiger partial charge in [-0.25, -0.2) is 4.79 Å². The molecular weight excluding hydrogens is 630 g/mol. The molecule has 2 unspecified atom stereocenters. The van der Waals surface area contributed by atoms with E-state index in [0.717, 1.165) is 64.2 Å². The second-order valence-corrected chi connectivity index (χ2v) is 14.9. The Morgan fingerprint density at radius 1 is 0.580 bits per heavy atom. The van der Waals surface area contributed by atoms with Crippen molar-refractivity contribution in [3.63, 3.8) is 0 Å². The molecule has 0 aromatic heterocycles. The minimum Gasteiger partial charge on any atom is -0.477 e. The van der Waals surface area contributed by atoms with Crippen LogP contribution in [0.25, 0.3) is 0 Å². The molecule has 0 aromatic carbocycles. The summed E-state index contributed by atoms with van der Waals surface area (Å²) in [6, 6.07) is -0.614. The number of quaternary nitrogens is 1. The number of carboxylic acid groups (broad SMARTS) is 1. The van der Waals surface area contributed by atoms with Crippen molar-refractivity contribution in [2.75, 3.05) is 41.0 Å². The lowest BCUT2D eigenvalue weighted by atomic mass is 10.1.